The topological polar surface area (TPSA) is 139 Å². The van der Waals surface area contributed by atoms with E-state index >= 15 is 0 Å². The molecule has 1 aromatic carbocycles. The van der Waals surface area contributed by atoms with E-state index in [4.69, 9.17) is 10.5 Å². The molecule has 2 aromatic rings. The molecular weight excluding hydrogens is 376 g/mol. The minimum absolute atomic E-state index is 0.115. The Kier molecular flexibility index (Phi) is 6.61. The summed E-state index contributed by atoms with van der Waals surface area (Å²) in [5, 5.41) is 20.3. The van der Waals surface area contributed by atoms with Gasteiger partial charge in [-0.25, -0.2) is 14.8 Å². The van der Waals surface area contributed by atoms with Crippen molar-refractivity contribution >= 4 is 17.8 Å². The van der Waals surface area contributed by atoms with Crippen molar-refractivity contribution in [1.82, 2.24) is 9.97 Å². The van der Waals surface area contributed by atoms with Gasteiger partial charge < -0.3 is 25.6 Å². The molecule has 1 aliphatic rings. The summed E-state index contributed by atoms with van der Waals surface area (Å²) in [5.41, 5.74) is 5.51. The number of ketones is 1. The number of amides is 1. The second kappa shape index (κ2) is 9.33. The van der Waals surface area contributed by atoms with Crippen molar-refractivity contribution in [3.8, 4) is 5.75 Å². The second-order valence-electron chi connectivity index (χ2n) is 7.00. The average molecular weight is 400 g/mol. The van der Waals surface area contributed by atoms with Crippen LogP contribution in [0.4, 0.5) is 10.7 Å². The van der Waals surface area contributed by atoms with Crippen LogP contribution in [0.2, 0.25) is 0 Å². The van der Waals surface area contributed by atoms with Gasteiger partial charge in [-0.05, 0) is 37.0 Å². The zero-order valence-electron chi connectivity index (χ0n) is 15.9. The van der Waals surface area contributed by atoms with Gasteiger partial charge in [0.05, 0.1) is 17.9 Å². The van der Waals surface area contributed by atoms with Crippen LogP contribution >= 0.6 is 0 Å². The average Bonchev–Trinajstić information content (AvgIpc) is 2.73. The molecule has 1 atom stereocenters. The van der Waals surface area contributed by atoms with E-state index in [9.17, 15) is 19.8 Å². The lowest BCUT2D eigenvalue weighted by Gasteiger charge is -2.31. The molecule has 2 heterocycles. The van der Waals surface area contributed by atoms with Crippen LogP contribution in [0.25, 0.3) is 0 Å². The molecule has 1 fully saturated rings. The third-order valence-electron chi connectivity index (χ3n) is 4.95. The summed E-state index contributed by atoms with van der Waals surface area (Å²) in [6.45, 7) is 1.67. The van der Waals surface area contributed by atoms with Gasteiger partial charge in [0.25, 0.3) is 0 Å². The van der Waals surface area contributed by atoms with Crippen LogP contribution < -0.4 is 10.6 Å². The minimum Gasteiger partial charge on any atom is -0.507 e. The fraction of sp³-hybridized carbons (Fsp3) is 0.400. The van der Waals surface area contributed by atoms with Crippen LogP contribution in [0.5, 0.6) is 5.75 Å². The molecule has 4 N–H and O–H groups in total. The Morgan fingerprint density at radius 2 is 1.97 bits per heavy atom. The summed E-state index contributed by atoms with van der Waals surface area (Å²) in [5.74, 6) is 0.233. The maximum atomic E-state index is 12.4. The van der Waals surface area contributed by atoms with E-state index in [-0.39, 0.29) is 29.4 Å². The maximum absolute atomic E-state index is 12.4. The van der Waals surface area contributed by atoms with Crippen molar-refractivity contribution in [2.24, 2.45) is 11.7 Å². The van der Waals surface area contributed by atoms with Crippen LogP contribution in [0.1, 0.15) is 41.4 Å². The fourth-order valence-corrected chi connectivity index (χ4v) is 3.30. The number of benzene rings is 1. The van der Waals surface area contributed by atoms with Crippen molar-refractivity contribution in [3.05, 3.63) is 47.8 Å². The monoisotopic (exact) mass is 400 g/mol. The fourth-order valence-electron chi connectivity index (χ4n) is 3.30. The summed E-state index contributed by atoms with van der Waals surface area (Å²) in [6.07, 6.45) is 1.08. The Balaban J connectivity index is 1.60. The highest BCUT2D eigenvalue weighted by molar-refractivity contribution is 5.98. The number of ether oxygens (including phenoxy) is 1. The lowest BCUT2D eigenvalue weighted by molar-refractivity contribution is 0.0872. The summed E-state index contributed by atoms with van der Waals surface area (Å²) in [6, 6.07) is 7.80. The Morgan fingerprint density at radius 1 is 1.24 bits per heavy atom. The number of aliphatic hydroxyl groups excluding tert-OH is 1. The third kappa shape index (κ3) is 5.41. The molecule has 0 bridgehead atoms. The second-order valence-corrected chi connectivity index (χ2v) is 7.00. The molecule has 9 heteroatoms. The first-order valence-electron chi connectivity index (χ1n) is 9.43. The number of hydrogen-bond acceptors (Lipinski definition) is 8. The zero-order chi connectivity index (χ0) is 20.8. The molecule has 0 aliphatic carbocycles. The molecule has 9 nitrogen and oxygen atoms in total. The van der Waals surface area contributed by atoms with Gasteiger partial charge in [0.1, 0.15) is 11.9 Å². The van der Waals surface area contributed by atoms with Gasteiger partial charge in [0.15, 0.2) is 5.78 Å². The van der Waals surface area contributed by atoms with Gasteiger partial charge in [-0.1, -0.05) is 12.1 Å². The summed E-state index contributed by atoms with van der Waals surface area (Å²) in [7, 11) is 0. The highest BCUT2D eigenvalue weighted by Crippen LogP contribution is 2.25. The first-order chi connectivity index (χ1) is 13.9. The van der Waals surface area contributed by atoms with Crippen LogP contribution in [-0.2, 0) is 4.74 Å². The van der Waals surface area contributed by atoms with Crippen LogP contribution in [-0.4, -0.2) is 51.8 Å². The van der Waals surface area contributed by atoms with Gasteiger partial charge in [0.2, 0.25) is 5.95 Å². The normalized spacial score (nSPS) is 15.7. The molecule has 3 rings (SSSR count). The molecule has 29 heavy (non-hydrogen) atoms. The summed E-state index contributed by atoms with van der Waals surface area (Å²) < 4.78 is 4.86. The Hall–Kier alpha value is -3.20. The largest absolute Gasteiger partial charge is 0.507 e. The van der Waals surface area contributed by atoms with Crippen molar-refractivity contribution in [2.45, 2.75) is 25.4 Å². The predicted octanol–water partition coefficient (Wildman–Crippen LogP) is 1.80. The molecule has 1 aromatic heterocycles. The first kappa shape index (κ1) is 20.5. The quantitative estimate of drug-likeness (QED) is 0.598. The number of hydrogen-bond donors (Lipinski definition) is 3. The number of primary amides is 1. The molecule has 1 unspecified atom stereocenters. The van der Waals surface area contributed by atoms with Crippen LogP contribution in [0.3, 0.4) is 0 Å². The van der Waals surface area contributed by atoms with E-state index in [1.165, 1.54) is 12.1 Å². The number of nitrogens with zero attached hydrogens (tertiary/aromatic N) is 3. The number of aromatic hydroxyl groups is 1. The maximum Gasteiger partial charge on any atom is 0.404 e. The molecule has 1 saturated heterocycles. The number of carbonyl (C=O) groups excluding carboxylic acids is 2. The molecule has 154 valence electrons. The van der Waals surface area contributed by atoms with Crippen LogP contribution in [0, 0.1) is 5.92 Å². The van der Waals surface area contributed by atoms with E-state index in [1.807, 2.05) is 4.90 Å². The molecule has 0 saturated carbocycles. The first-order valence-corrected chi connectivity index (χ1v) is 9.43. The SMILES string of the molecule is NC(=O)OCC1CCN(c2nccc(C(O)CC(=O)c3ccccc3O)n2)CC1. The van der Waals surface area contributed by atoms with Gasteiger partial charge in [-0.15, -0.1) is 0 Å². The number of para-hydroxylation sites is 1. The predicted molar refractivity (Wildman–Crippen MR) is 105 cm³/mol. The Bertz CT molecular complexity index is 867. The van der Waals surface area contributed by atoms with Crippen molar-refractivity contribution in [2.75, 3.05) is 24.6 Å². The molecule has 0 spiro atoms. The van der Waals surface area contributed by atoms with Crippen molar-refractivity contribution < 1.29 is 24.5 Å². The Morgan fingerprint density at radius 3 is 2.66 bits per heavy atom. The van der Waals surface area contributed by atoms with Crippen molar-refractivity contribution in [3.63, 3.8) is 0 Å². The number of nitrogens with two attached hydrogens (primary N) is 1. The number of aromatic nitrogens is 2. The number of phenols is 1. The third-order valence-corrected chi connectivity index (χ3v) is 4.95. The molecule has 1 aliphatic heterocycles. The van der Waals surface area contributed by atoms with Gasteiger partial charge >= 0.3 is 6.09 Å². The number of Topliss-reactive ketones (excluding diaryl/α,β-unsaturated/α-hetero) is 1. The van der Waals surface area contributed by atoms with E-state index < -0.39 is 12.2 Å². The van der Waals surface area contributed by atoms with E-state index in [1.54, 1.807) is 24.4 Å². The zero-order valence-corrected chi connectivity index (χ0v) is 15.9. The van der Waals surface area contributed by atoms with E-state index in [0.717, 1.165) is 12.8 Å². The van der Waals surface area contributed by atoms with E-state index in [2.05, 4.69) is 9.97 Å². The molecular formula is C20H24N4O5. The van der Waals surface area contributed by atoms with Gasteiger partial charge in [0, 0.05) is 25.7 Å². The smallest absolute Gasteiger partial charge is 0.404 e. The number of piperidine rings is 1. The number of rotatable bonds is 7. The summed E-state index contributed by atoms with van der Waals surface area (Å²) in [4.78, 5) is 33.8. The highest BCUT2D eigenvalue weighted by atomic mass is 16.5. The number of carbonyl (C=O) groups is 2. The lowest BCUT2D eigenvalue weighted by Crippen LogP contribution is -2.36. The van der Waals surface area contributed by atoms with Gasteiger partial charge in [-0.2, -0.15) is 0 Å². The number of phenolic OH excluding ortho intramolecular Hbond substituents is 1. The highest BCUT2D eigenvalue weighted by Gasteiger charge is 2.23. The molecule has 1 amide bonds. The number of anilines is 1. The van der Waals surface area contributed by atoms with Crippen LogP contribution in [0.15, 0.2) is 36.5 Å². The van der Waals surface area contributed by atoms with Gasteiger partial charge in [-0.3, -0.25) is 4.79 Å². The molecule has 0 radical (unpaired) electrons. The summed E-state index contributed by atoms with van der Waals surface area (Å²) >= 11 is 0. The van der Waals surface area contributed by atoms with E-state index in [0.29, 0.717) is 31.3 Å². The minimum atomic E-state index is -1.11. The lowest BCUT2D eigenvalue weighted by atomic mass is 9.98. The Labute approximate surface area is 168 Å². The van der Waals surface area contributed by atoms with Crippen molar-refractivity contribution in [1.29, 1.82) is 0 Å². The number of aliphatic hydroxyl groups is 1. The standard InChI is InChI=1S/C20H24N4O5/c21-19(28)29-12-13-6-9-24(10-7-13)20-22-8-5-15(23-20)18(27)11-17(26)14-3-1-2-4-16(14)25/h1-5,8,13,18,25,27H,6-7,9-12H2,(H2,21,28).